The monoisotopic (exact) mass is 462 g/mol. The van der Waals surface area contributed by atoms with Crippen LogP contribution in [0.2, 0.25) is 0 Å². The molecule has 5 rings (SSSR count). The lowest BCUT2D eigenvalue weighted by molar-refractivity contribution is -0.119. The third-order valence-electron chi connectivity index (χ3n) is 7.04. The first kappa shape index (κ1) is 22.5. The van der Waals surface area contributed by atoms with Gasteiger partial charge in [-0.05, 0) is 57.1 Å². The Morgan fingerprint density at radius 3 is 2.82 bits per heavy atom. The second-order valence-electron chi connectivity index (χ2n) is 9.90. The van der Waals surface area contributed by atoms with Crippen molar-refractivity contribution >= 4 is 22.9 Å². The average molecular weight is 463 g/mol. The highest BCUT2D eigenvalue weighted by Gasteiger charge is 2.32. The van der Waals surface area contributed by atoms with Crippen LogP contribution >= 0.6 is 0 Å². The second-order valence-corrected chi connectivity index (χ2v) is 9.90. The van der Waals surface area contributed by atoms with Crippen LogP contribution in [0.5, 0.6) is 5.75 Å². The van der Waals surface area contributed by atoms with Crippen molar-refractivity contribution in [2.24, 2.45) is 5.92 Å². The van der Waals surface area contributed by atoms with Gasteiger partial charge in [-0.1, -0.05) is 12.1 Å². The number of benzene rings is 1. The summed E-state index contributed by atoms with van der Waals surface area (Å²) in [5.74, 6) is 3.38. The zero-order valence-electron chi connectivity index (χ0n) is 20.2. The highest BCUT2D eigenvalue weighted by molar-refractivity contribution is 5.74. The molecule has 0 spiro atoms. The number of nitrogen functional groups attached to an aromatic ring is 1. The number of ether oxygens (including phenoxy) is 1. The maximum atomic E-state index is 11.3. The second kappa shape index (κ2) is 9.16. The number of nitrogens with two attached hydrogens (primary N) is 1. The van der Waals surface area contributed by atoms with Crippen LogP contribution < -0.4 is 21.1 Å². The molecule has 3 aromatic rings. The van der Waals surface area contributed by atoms with E-state index in [0.717, 1.165) is 67.1 Å². The molecule has 0 saturated heterocycles. The summed E-state index contributed by atoms with van der Waals surface area (Å²) < 4.78 is 8.19. The van der Waals surface area contributed by atoms with E-state index in [1.54, 1.807) is 13.1 Å². The van der Waals surface area contributed by atoms with Gasteiger partial charge in [0.25, 0.3) is 0 Å². The number of nitrogens with one attached hydrogen (secondary N) is 2. The molecule has 1 saturated carbocycles. The molecule has 34 heavy (non-hydrogen) atoms. The minimum Gasteiger partial charge on any atom is -0.489 e. The van der Waals surface area contributed by atoms with Gasteiger partial charge in [-0.3, -0.25) is 9.20 Å². The third-order valence-corrected chi connectivity index (χ3v) is 7.04. The van der Waals surface area contributed by atoms with Crippen LogP contribution in [0.25, 0.3) is 5.52 Å². The van der Waals surface area contributed by atoms with Gasteiger partial charge in [0, 0.05) is 38.2 Å². The number of hydrogen-bond donors (Lipinski definition) is 3. The zero-order chi connectivity index (χ0) is 23.8. The summed E-state index contributed by atoms with van der Waals surface area (Å²) in [4.78, 5) is 20.9. The topological polar surface area (TPSA) is 107 Å². The minimum atomic E-state index is 0.0123. The number of imidazole rings is 1. The van der Waals surface area contributed by atoms with Gasteiger partial charge >= 0.3 is 0 Å². The summed E-state index contributed by atoms with van der Waals surface area (Å²) in [7, 11) is 0. The fraction of sp³-hybridized carbons (Fsp3) is 0.500. The minimum absolute atomic E-state index is 0.0123. The summed E-state index contributed by atoms with van der Waals surface area (Å²) >= 11 is 0. The van der Waals surface area contributed by atoms with Crippen molar-refractivity contribution in [2.75, 3.05) is 17.6 Å². The van der Waals surface area contributed by atoms with Crippen molar-refractivity contribution in [3.8, 4) is 5.75 Å². The van der Waals surface area contributed by atoms with Gasteiger partial charge in [-0.25, -0.2) is 9.97 Å². The van der Waals surface area contributed by atoms with Gasteiger partial charge in [-0.15, -0.1) is 0 Å². The van der Waals surface area contributed by atoms with E-state index in [4.69, 9.17) is 15.5 Å². The Kier molecular flexibility index (Phi) is 6.06. The van der Waals surface area contributed by atoms with Crippen LogP contribution in [0.3, 0.4) is 0 Å². The molecule has 3 heterocycles. The maximum absolute atomic E-state index is 11.3. The molecule has 8 nitrogen and oxygen atoms in total. The molecule has 1 aromatic carbocycles. The number of anilines is 2. The first-order valence-electron chi connectivity index (χ1n) is 12.3. The Labute approximate surface area is 200 Å². The smallest absolute Gasteiger partial charge is 0.216 e. The molecule has 1 fully saturated rings. The summed E-state index contributed by atoms with van der Waals surface area (Å²) in [6, 6.07) is 6.22. The summed E-state index contributed by atoms with van der Waals surface area (Å²) in [5, 5.41) is 6.64. The van der Waals surface area contributed by atoms with Crippen molar-refractivity contribution < 1.29 is 9.53 Å². The number of aromatic nitrogens is 3. The Morgan fingerprint density at radius 2 is 2.09 bits per heavy atom. The molecule has 0 radical (unpaired) electrons. The van der Waals surface area contributed by atoms with E-state index in [1.807, 2.05) is 32.2 Å². The van der Waals surface area contributed by atoms with E-state index in [0.29, 0.717) is 17.7 Å². The number of carbonyl (C=O) groups excluding carboxylic acids is 1. The lowest BCUT2D eigenvalue weighted by atomic mass is 9.81. The van der Waals surface area contributed by atoms with Crippen molar-refractivity contribution in [1.82, 2.24) is 19.7 Å². The van der Waals surface area contributed by atoms with Gasteiger partial charge in [0.1, 0.15) is 22.9 Å². The van der Waals surface area contributed by atoms with Crippen LogP contribution in [-0.4, -0.2) is 32.9 Å². The van der Waals surface area contributed by atoms with E-state index in [9.17, 15) is 4.79 Å². The third kappa shape index (κ3) is 4.29. The Morgan fingerprint density at radius 1 is 1.29 bits per heavy atom. The molecule has 1 aliphatic heterocycles. The number of nitrogens with zero attached hydrogens (tertiary/aromatic N) is 3. The first-order valence-corrected chi connectivity index (χ1v) is 12.3. The average Bonchev–Trinajstić information content (AvgIpc) is 3.41. The standard InChI is InChI=1S/C26H34N6O2/c1-15(2)34-21-6-4-5-19-13-20(30-22(19)21)23-24-25(27)28-11-12-32(24)26(31-23)18-9-7-17(8-10-18)14-29-16(3)33/h4-6,11-12,15,17-18,20,30H,7-10,13-14H2,1-3H3,(H2,27,28)(H,29,33)/t17-,18-,20?. The number of fused-ring (bicyclic) bond motifs is 2. The largest absolute Gasteiger partial charge is 0.489 e. The molecule has 1 unspecified atom stereocenters. The Hall–Kier alpha value is -3.29. The molecule has 2 aromatic heterocycles. The summed E-state index contributed by atoms with van der Waals surface area (Å²) in [6.45, 7) is 6.42. The van der Waals surface area contributed by atoms with Crippen molar-refractivity contribution in [3.05, 3.63) is 47.7 Å². The van der Waals surface area contributed by atoms with Gasteiger partial charge in [0.05, 0.1) is 23.5 Å². The molecule has 4 N–H and O–H groups in total. The van der Waals surface area contributed by atoms with Crippen LogP contribution in [0, 0.1) is 5.92 Å². The van der Waals surface area contributed by atoms with Gasteiger partial charge < -0.3 is 21.1 Å². The number of hydrogen-bond acceptors (Lipinski definition) is 6. The highest BCUT2D eigenvalue weighted by atomic mass is 16.5. The van der Waals surface area contributed by atoms with E-state index in [2.05, 4.69) is 26.1 Å². The quantitative estimate of drug-likeness (QED) is 0.506. The van der Waals surface area contributed by atoms with Gasteiger partial charge in [0.2, 0.25) is 5.91 Å². The summed E-state index contributed by atoms with van der Waals surface area (Å²) in [6.07, 6.45) is 8.94. The van der Waals surface area contributed by atoms with E-state index >= 15 is 0 Å². The SMILES string of the molecule is CC(=O)NC[C@H]1CC[C@H](c2nc(C3Cc4cccc(OC(C)C)c4N3)c3c(N)nccn32)CC1. The maximum Gasteiger partial charge on any atom is 0.216 e. The van der Waals surface area contributed by atoms with Crippen molar-refractivity contribution in [3.63, 3.8) is 0 Å². The van der Waals surface area contributed by atoms with Crippen LogP contribution in [0.4, 0.5) is 11.5 Å². The van der Waals surface area contributed by atoms with Gasteiger partial charge in [-0.2, -0.15) is 0 Å². The molecule has 1 aliphatic carbocycles. The summed E-state index contributed by atoms with van der Waals surface area (Å²) in [5.41, 5.74) is 10.5. The number of rotatable bonds is 6. The van der Waals surface area contributed by atoms with Crippen LogP contribution in [0.1, 0.15) is 75.5 Å². The Balaban J connectivity index is 1.42. The molecule has 180 valence electrons. The first-order chi connectivity index (χ1) is 16.4. The fourth-order valence-corrected chi connectivity index (χ4v) is 5.43. The van der Waals surface area contributed by atoms with Crippen molar-refractivity contribution in [1.29, 1.82) is 0 Å². The van der Waals surface area contributed by atoms with Crippen molar-refractivity contribution in [2.45, 2.75) is 70.9 Å². The molecule has 2 aliphatic rings. The lowest BCUT2D eigenvalue weighted by Gasteiger charge is -2.27. The highest BCUT2D eigenvalue weighted by Crippen LogP contribution is 2.43. The van der Waals surface area contributed by atoms with E-state index in [1.165, 1.54) is 5.56 Å². The molecule has 8 heteroatoms. The van der Waals surface area contributed by atoms with Crippen LogP contribution in [-0.2, 0) is 11.2 Å². The molecule has 1 amide bonds. The molecular weight excluding hydrogens is 428 g/mol. The molecule has 1 atom stereocenters. The molecule has 0 bridgehead atoms. The number of para-hydroxylation sites is 1. The predicted molar refractivity (Wildman–Crippen MR) is 133 cm³/mol. The molecular formula is C26H34N6O2. The van der Waals surface area contributed by atoms with E-state index < -0.39 is 0 Å². The number of amides is 1. The lowest BCUT2D eigenvalue weighted by Crippen LogP contribution is -2.29. The number of carbonyl (C=O) groups is 1. The fourth-order valence-electron chi connectivity index (χ4n) is 5.43. The zero-order valence-corrected chi connectivity index (χ0v) is 20.2. The predicted octanol–water partition coefficient (Wildman–Crippen LogP) is 4.22. The Bertz CT molecular complexity index is 1200. The van der Waals surface area contributed by atoms with E-state index in [-0.39, 0.29) is 18.1 Å². The normalized spacial score (nSPS) is 21.9. The van der Waals surface area contributed by atoms with Crippen LogP contribution in [0.15, 0.2) is 30.6 Å². The van der Waals surface area contributed by atoms with Gasteiger partial charge in [0.15, 0.2) is 0 Å².